The maximum atomic E-state index is 15.9. The molecule has 7 aliphatic rings. The Balaban J connectivity index is 1.18. The second kappa shape index (κ2) is 25.6. The van der Waals surface area contributed by atoms with Crippen molar-refractivity contribution in [1.29, 1.82) is 0 Å². The molecule has 25 nitrogen and oxygen atoms in total. The van der Waals surface area contributed by atoms with Gasteiger partial charge >= 0.3 is 18.1 Å². The molecular formula is C64H84N12O13. The van der Waals surface area contributed by atoms with E-state index in [1.807, 2.05) is 0 Å². The number of hydrogen-bond donors (Lipinski definition) is 1. The van der Waals surface area contributed by atoms with Crippen LogP contribution < -0.4 is 0 Å². The number of imide groups is 3. The first kappa shape index (κ1) is 65.0. The first-order chi connectivity index (χ1) is 42.1. The lowest BCUT2D eigenvalue weighted by Crippen LogP contribution is -2.58. The van der Waals surface area contributed by atoms with E-state index in [-0.39, 0.29) is 70.0 Å². The zero-order valence-electron chi connectivity index (χ0n) is 52.7. The maximum Gasteiger partial charge on any atom is 0.327 e. The molecule has 0 aliphatic carbocycles. The molecule has 6 atom stereocenters. The highest BCUT2D eigenvalue weighted by Crippen LogP contribution is 2.44. The van der Waals surface area contributed by atoms with Crippen LogP contribution in [0.15, 0.2) is 84.5 Å². The fourth-order valence-electron chi connectivity index (χ4n) is 14.0. The summed E-state index contributed by atoms with van der Waals surface area (Å²) in [4.78, 5) is 197. The summed E-state index contributed by atoms with van der Waals surface area (Å²) in [6, 6.07) is 10.9. The van der Waals surface area contributed by atoms with Gasteiger partial charge in [-0.2, -0.15) is 0 Å². The van der Waals surface area contributed by atoms with Gasteiger partial charge < -0.3 is 49.2 Å². The fourth-order valence-corrected chi connectivity index (χ4v) is 14.0. The van der Waals surface area contributed by atoms with Crippen LogP contribution in [-0.4, -0.2) is 263 Å². The van der Waals surface area contributed by atoms with Crippen LogP contribution in [0.1, 0.15) is 85.3 Å². The summed E-state index contributed by atoms with van der Waals surface area (Å²) in [6.07, 6.45) is 3.96. The molecule has 0 saturated carbocycles. The van der Waals surface area contributed by atoms with Gasteiger partial charge in [-0.15, -0.1) is 0 Å². The number of benzene rings is 2. The molecular weight excluding hydrogens is 1140 g/mol. The number of carbonyl (C=O) groups excluding carboxylic acids is 12. The summed E-state index contributed by atoms with van der Waals surface area (Å²) >= 11 is 0. The van der Waals surface area contributed by atoms with E-state index in [4.69, 9.17) is 0 Å². The van der Waals surface area contributed by atoms with Crippen molar-refractivity contribution in [2.45, 2.75) is 122 Å². The maximum absolute atomic E-state index is 15.9. The zero-order chi connectivity index (χ0) is 64.8. The summed E-state index contributed by atoms with van der Waals surface area (Å²) in [5.74, 6) is -7.88. The third kappa shape index (κ3) is 11.9. The average Bonchev–Trinajstić information content (AvgIpc) is 1.59. The predicted octanol–water partition coefficient (Wildman–Crippen LogP) is 2.44. The summed E-state index contributed by atoms with van der Waals surface area (Å²) in [7, 11) is 4.24. The molecule has 0 aromatic heterocycles. The number of carbonyl (C=O) groups is 12. The van der Waals surface area contributed by atoms with Gasteiger partial charge in [0, 0.05) is 66.6 Å². The average molecular weight is 1230 g/mol. The van der Waals surface area contributed by atoms with E-state index in [1.165, 1.54) is 60.3 Å². The number of aliphatic hydroxyl groups excluding tert-OH is 1. The Bertz CT molecular complexity index is 3170. The summed E-state index contributed by atoms with van der Waals surface area (Å²) in [5, 5.41) is 9.99. The largest absolute Gasteiger partial charge is 0.396 e. The van der Waals surface area contributed by atoms with Gasteiger partial charge in [-0.05, 0) is 47.8 Å². The van der Waals surface area contributed by atoms with Crippen LogP contribution in [0, 0.1) is 17.8 Å². The number of aliphatic hydroxyl groups is 1. The summed E-state index contributed by atoms with van der Waals surface area (Å²) in [6.45, 7) is 7.82. The van der Waals surface area contributed by atoms with Crippen LogP contribution in [0.4, 0.5) is 14.4 Å². The second-order valence-corrected chi connectivity index (χ2v) is 26.2. The van der Waals surface area contributed by atoms with Crippen molar-refractivity contribution in [3.05, 3.63) is 95.6 Å². The van der Waals surface area contributed by atoms with Crippen LogP contribution in [0.25, 0.3) is 0 Å². The number of likely N-dealkylation sites (N-methyl/N-ethyl adjacent to an activating group) is 3. The third-order valence-corrected chi connectivity index (χ3v) is 18.6. The molecule has 0 bridgehead atoms. The number of hydrogen-bond acceptors (Lipinski definition) is 13. The Hall–Kier alpha value is -8.48. The van der Waals surface area contributed by atoms with Crippen LogP contribution >= 0.6 is 0 Å². The van der Waals surface area contributed by atoms with Crippen LogP contribution in [-0.2, 0) is 56.2 Å². The van der Waals surface area contributed by atoms with E-state index in [9.17, 15) is 19.5 Å². The molecule has 25 heteroatoms. The van der Waals surface area contributed by atoms with Crippen molar-refractivity contribution >= 4 is 71.3 Å². The minimum Gasteiger partial charge on any atom is -0.396 e. The standard InChI is InChI=1S/C64H84N12O13/c1-11-12-19-46(24-25-77)34-73-58(86)64(67(10)61(73)89)28-49-55(83)70(31-43(6)7)36-51(79)75-39-62(56(84)71(59(87)65(62)8)32-44-20-15-13-16-21-44)26-47(75)53(81)68(29-41(2)3)35-50(78)74-38-63(57(85)72(60(88)66(63)9)33-45-22-17-14-18-23-45)27-48(74)54(82)69(30-42(4)5)37-52(80)76(49)40-64/h11-23,41-43,47-49,77H,24-40H2,1-10H3/b12-11-,46-19+/t47-,48-,49-,62-,63-,64-/m0/s1. The lowest BCUT2D eigenvalue weighted by atomic mass is 9.93. The number of rotatable bonds is 15. The van der Waals surface area contributed by atoms with E-state index < -0.39 is 165 Å². The monoisotopic (exact) mass is 1230 g/mol. The predicted molar refractivity (Wildman–Crippen MR) is 323 cm³/mol. The fraction of sp³-hybridized carbons (Fsp3) is 0.562. The van der Waals surface area contributed by atoms with E-state index >= 15 is 43.2 Å². The first-order valence-corrected chi connectivity index (χ1v) is 30.7. The molecule has 3 spiro atoms. The molecule has 7 heterocycles. The molecule has 7 aliphatic heterocycles. The number of fused-ring (bicyclic) bond motifs is 3. The summed E-state index contributed by atoms with van der Waals surface area (Å²) in [5.41, 5.74) is -3.71. The van der Waals surface area contributed by atoms with Crippen molar-refractivity contribution in [1.82, 2.24) is 58.8 Å². The van der Waals surface area contributed by atoms with Gasteiger partial charge in [-0.3, -0.25) is 57.9 Å². The number of amides is 15. The normalized spacial score (nSPS) is 27.1. The van der Waals surface area contributed by atoms with Crippen molar-refractivity contribution < 1.29 is 62.6 Å². The molecule has 15 amide bonds. The number of urea groups is 3. The minimum atomic E-state index is -1.87. The molecule has 0 unspecified atom stereocenters. The molecule has 2 aromatic rings. The summed E-state index contributed by atoms with van der Waals surface area (Å²) < 4.78 is 0. The molecule has 1 N–H and O–H groups in total. The topological polar surface area (TPSA) is 264 Å². The van der Waals surface area contributed by atoms with Crippen LogP contribution in [0.2, 0.25) is 0 Å². The van der Waals surface area contributed by atoms with Gasteiger partial charge in [0.05, 0.1) is 58.9 Å². The van der Waals surface area contributed by atoms with E-state index in [2.05, 4.69) is 0 Å². The van der Waals surface area contributed by atoms with Gasteiger partial charge in [0.15, 0.2) is 0 Å². The van der Waals surface area contributed by atoms with E-state index in [0.29, 0.717) is 16.7 Å². The molecule has 0 radical (unpaired) electrons. The number of allylic oxidation sites excluding steroid dienone is 3. The van der Waals surface area contributed by atoms with Crippen LogP contribution in [0.5, 0.6) is 0 Å². The van der Waals surface area contributed by atoms with E-state index in [0.717, 1.165) is 19.6 Å². The van der Waals surface area contributed by atoms with Gasteiger partial charge in [-0.25, -0.2) is 14.4 Å². The molecule has 478 valence electrons. The van der Waals surface area contributed by atoms with Crippen LogP contribution in [0.3, 0.4) is 0 Å². The molecule has 89 heavy (non-hydrogen) atoms. The highest BCUT2D eigenvalue weighted by Gasteiger charge is 2.67. The Kier molecular flexibility index (Phi) is 18.7. The van der Waals surface area contributed by atoms with Crippen molar-refractivity contribution in [3.8, 4) is 0 Å². The first-order valence-electron chi connectivity index (χ1n) is 30.7. The van der Waals surface area contributed by atoms with Crippen molar-refractivity contribution in [2.75, 3.05) is 93.2 Å². The Labute approximate surface area is 519 Å². The van der Waals surface area contributed by atoms with Gasteiger partial charge in [0.1, 0.15) is 34.7 Å². The highest BCUT2D eigenvalue weighted by molar-refractivity contribution is 6.11. The van der Waals surface area contributed by atoms with Gasteiger partial charge in [0.25, 0.3) is 17.7 Å². The molecule has 2 aromatic carbocycles. The highest BCUT2D eigenvalue weighted by atomic mass is 16.3. The molecule has 9 rings (SSSR count). The van der Waals surface area contributed by atoms with Gasteiger partial charge in [0.2, 0.25) is 35.4 Å². The minimum absolute atomic E-state index is 0.0914. The lowest BCUT2D eigenvalue weighted by Gasteiger charge is -2.36. The number of nitrogens with zero attached hydrogens (tertiary/aromatic N) is 12. The van der Waals surface area contributed by atoms with Crippen molar-refractivity contribution in [3.63, 3.8) is 0 Å². The Morgan fingerprint density at radius 2 is 0.809 bits per heavy atom. The SMILES string of the molecule is C/C=C\C=C(/CCO)CN1C(=O)N(C)[C@]2(C[C@H]3C(=O)N(CC(C)C)CC(=O)N4C[C@@]5(C[C@H]4C(=O)N(CC(C)C)CC(=O)N4C[C@@]6(C[C@H]4C(=O)N(CC(C)C)CC(=O)N3C2)C(=O)N(Cc2ccccc2)C(=O)N6C)C(=O)N(Cc2ccccc2)C(=O)N5C)C1=O. The molecule has 7 saturated heterocycles. The van der Waals surface area contributed by atoms with Crippen molar-refractivity contribution in [2.24, 2.45) is 17.8 Å². The van der Waals surface area contributed by atoms with E-state index in [1.54, 1.807) is 127 Å². The lowest BCUT2D eigenvalue weighted by molar-refractivity contribution is -0.154. The van der Waals surface area contributed by atoms with Gasteiger partial charge in [-0.1, -0.05) is 120 Å². The second-order valence-electron chi connectivity index (χ2n) is 26.2. The third-order valence-electron chi connectivity index (χ3n) is 18.6. The smallest absolute Gasteiger partial charge is 0.327 e. The Morgan fingerprint density at radius 1 is 0.494 bits per heavy atom. The Morgan fingerprint density at radius 3 is 1.11 bits per heavy atom. The molecule has 7 fully saturated rings. The quantitative estimate of drug-likeness (QED) is 0.199. The zero-order valence-corrected chi connectivity index (χ0v) is 52.7.